The molecule has 1 aromatic carbocycles. The van der Waals surface area contributed by atoms with Gasteiger partial charge >= 0.3 is 5.97 Å². The third-order valence-corrected chi connectivity index (χ3v) is 6.42. The molecule has 0 amide bonds. The molecule has 0 saturated heterocycles. The smallest absolute Gasteiger partial charge is 0.304 e. The van der Waals surface area contributed by atoms with Crippen LogP contribution < -0.4 is 4.74 Å². The number of aliphatic carboxylic acids is 1. The minimum atomic E-state index is -0.822. The molecular weight excluding hydrogens is 336 g/mol. The molecular formula is C24H32O3. The van der Waals surface area contributed by atoms with E-state index >= 15 is 0 Å². The van der Waals surface area contributed by atoms with Crippen molar-refractivity contribution in [3.8, 4) is 17.6 Å². The Morgan fingerprint density at radius 2 is 1.89 bits per heavy atom. The maximum absolute atomic E-state index is 11.0. The Morgan fingerprint density at radius 3 is 2.56 bits per heavy atom. The lowest BCUT2D eigenvalue weighted by Gasteiger charge is -2.43. The SMILES string of the molecule is CC#CC(CC(=O)O)c1ccc(OCC2CCCC3(CCCCC3)C2)cc1. The van der Waals surface area contributed by atoms with Gasteiger partial charge in [0, 0.05) is 0 Å². The second-order valence-electron chi connectivity index (χ2n) is 8.45. The molecule has 3 heteroatoms. The van der Waals surface area contributed by atoms with Crippen LogP contribution in [0.4, 0.5) is 0 Å². The largest absolute Gasteiger partial charge is 0.493 e. The first-order chi connectivity index (χ1) is 13.1. The zero-order valence-electron chi connectivity index (χ0n) is 16.5. The number of carboxylic acids is 1. The van der Waals surface area contributed by atoms with Crippen molar-refractivity contribution in [2.24, 2.45) is 11.3 Å². The van der Waals surface area contributed by atoms with E-state index in [-0.39, 0.29) is 12.3 Å². The number of carbonyl (C=O) groups is 1. The van der Waals surface area contributed by atoms with Gasteiger partial charge < -0.3 is 9.84 Å². The van der Waals surface area contributed by atoms with E-state index in [2.05, 4.69) is 11.8 Å². The normalized spacial score (nSPS) is 22.5. The van der Waals surface area contributed by atoms with Gasteiger partial charge in [-0.25, -0.2) is 0 Å². The van der Waals surface area contributed by atoms with Gasteiger partial charge in [0.25, 0.3) is 0 Å². The van der Waals surface area contributed by atoms with Crippen LogP contribution in [-0.4, -0.2) is 17.7 Å². The summed E-state index contributed by atoms with van der Waals surface area (Å²) in [5.41, 5.74) is 1.55. The molecule has 1 N–H and O–H groups in total. The van der Waals surface area contributed by atoms with Crippen molar-refractivity contribution >= 4 is 5.97 Å². The highest BCUT2D eigenvalue weighted by Gasteiger charge is 2.37. The van der Waals surface area contributed by atoms with Crippen molar-refractivity contribution in [3.63, 3.8) is 0 Å². The molecule has 3 rings (SSSR count). The van der Waals surface area contributed by atoms with E-state index in [1.165, 1.54) is 57.8 Å². The zero-order chi connectivity index (χ0) is 19.1. The Bertz CT molecular complexity index is 668. The van der Waals surface area contributed by atoms with Crippen LogP contribution in [0.1, 0.15) is 82.6 Å². The molecule has 2 atom stereocenters. The van der Waals surface area contributed by atoms with E-state index in [1.807, 2.05) is 24.3 Å². The molecule has 2 aliphatic carbocycles. The van der Waals surface area contributed by atoms with Crippen LogP contribution in [0.2, 0.25) is 0 Å². The van der Waals surface area contributed by atoms with Crippen molar-refractivity contribution in [1.82, 2.24) is 0 Å². The lowest BCUT2D eigenvalue weighted by molar-refractivity contribution is -0.137. The Hall–Kier alpha value is -1.95. The van der Waals surface area contributed by atoms with Crippen LogP contribution in [-0.2, 0) is 4.79 Å². The van der Waals surface area contributed by atoms with E-state index < -0.39 is 5.97 Å². The van der Waals surface area contributed by atoms with Gasteiger partial charge in [0.1, 0.15) is 5.75 Å². The van der Waals surface area contributed by atoms with E-state index in [0.717, 1.165) is 17.9 Å². The summed E-state index contributed by atoms with van der Waals surface area (Å²) in [5, 5.41) is 9.07. The quantitative estimate of drug-likeness (QED) is 0.647. The van der Waals surface area contributed by atoms with Gasteiger partial charge in [0.2, 0.25) is 0 Å². The Morgan fingerprint density at radius 1 is 1.19 bits per heavy atom. The molecule has 0 heterocycles. The summed E-state index contributed by atoms with van der Waals surface area (Å²) in [5.74, 6) is 6.30. The topological polar surface area (TPSA) is 46.5 Å². The lowest BCUT2D eigenvalue weighted by atomic mass is 9.63. The molecule has 0 radical (unpaired) electrons. The van der Waals surface area contributed by atoms with Gasteiger partial charge in [0.15, 0.2) is 0 Å². The highest BCUT2D eigenvalue weighted by Crippen LogP contribution is 2.49. The van der Waals surface area contributed by atoms with Crippen LogP contribution in [0.3, 0.4) is 0 Å². The van der Waals surface area contributed by atoms with Crippen molar-refractivity contribution < 1.29 is 14.6 Å². The monoisotopic (exact) mass is 368 g/mol. The van der Waals surface area contributed by atoms with Gasteiger partial charge in [-0.3, -0.25) is 4.79 Å². The van der Waals surface area contributed by atoms with Gasteiger partial charge in [-0.15, -0.1) is 5.92 Å². The van der Waals surface area contributed by atoms with E-state index in [4.69, 9.17) is 9.84 Å². The third kappa shape index (κ3) is 5.51. The van der Waals surface area contributed by atoms with Gasteiger partial charge in [0.05, 0.1) is 18.9 Å². The number of ether oxygens (including phenoxy) is 1. The standard InChI is InChI=1S/C24H32O3/c1-2-7-21(16-23(25)26)20-9-11-22(12-10-20)27-18-19-8-6-15-24(17-19)13-4-3-5-14-24/h9-12,19,21H,3-6,8,13-18H2,1H3,(H,25,26). The predicted octanol–water partition coefficient (Wildman–Crippen LogP) is 5.79. The molecule has 146 valence electrons. The fourth-order valence-corrected chi connectivity index (χ4v) is 5.09. The van der Waals surface area contributed by atoms with Crippen LogP contribution in [0, 0.1) is 23.2 Å². The zero-order valence-corrected chi connectivity index (χ0v) is 16.5. The number of rotatable bonds is 6. The lowest BCUT2D eigenvalue weighted by Crippen LogP contribution is -2.33. The molecule has 0 aromatic heterocycles. The van der Waals surface area contributed by atoms with Crippen LogP contribution >= 0.6 is 0 Å². The first-order valence-electron chi connectivity index (χ1n) is 10.5. The summed E-state index contributed by atoms with van der Waals surface area (Å²) in [4.78, 5) is 11.0. The minimum Gasteiger partial charge on any atom is -0.493 e. The van der Waals surface area contributed by atoms with Gasteiger partial charge in [-0.1, -0.05) is 43.7 Å². The number of benzene rings is 1. The molecule has 0 aliphatic heterocycles. The summed E-state index contributed by atoms with van der Waals surface area (Å²) >= 11 is 0. The molecule has 0 bridgehead atoms. The fourth-order valence-electron chi connectivity index (χ4n) is 5.09. The maximum atomic E-state index is 11.0. The van der Waals surface area contributed by atoms with Gasteiger partial charge in [-0.05, 0) is 68.1 Å². The van der Waals surface area contributed by atoms with Crippen molar-refractivity contribution in [2.45, 2.75) is 77.0 Å². The maximum Gasteiger partial charge on any atom is 0.304 e. The van der Waals surface area contributed by atoms with Gasteiger partial charge in [-0.2, -0.15) is 0 Å². The second-order valence-corrected chi connectivity index (χ2v) is 8.45. The Labute approximate surface area is 163 Å². The van der Waals surface area contributed by atoms with Crippen LogP contribution in [0.25, 0.3) is 0 Å². The number of hydrogen-bond acceptors (Lipinski definition) is 2. The van der Waals surface area contributed by atoms with Crippen LogP contribution in [0.15, 0.2) is 24.3 Å². The van der Waals surface area contributed by atoms with Crippen molar-refractivity contribution in [1.29, 1.82) is 0 Å². The first kappa shape index (κ1) is 19.8. The molecule has 3 nitrogen and oxygen atoms in total. The summed E-state index contributed by atoms with van der Waals surface area (Å²) in [6.07, 6.45) is 12.5. The predicted molar refractivity (Wildman–Crippen MR) is 108 cm³/mol. The third-order valence-electron chi connectivity index (χ3n) is 6.42. The fraction of sp³-hybridized carbons (Fsp3) is 0.625. The number of hydrogen-bond donors (Lipinski definition) is 1. The summed E-state index contributed by atoms with van der Waals surface area (Å²) in [6, 6.07) is 7.83. The summed E-state index contributed by atoms with van der Waals surface area (Å²) < 4.78 is 6.10. The highest BCUT2D eigenvalue weighted by atomic mass is 16.5. The number of carboxylic acid groups (broad SMARTS) is 1. The van der Waals surface area contributed by atoms with E-state index in [0.29, 0.717) is 11.3 Å². The molecule has 27 heavy (non-hydrogen) atoms. The average molecular weight is 369 g/mol. The molecule has 1 aromatic rings. The summed E-state index contributed by atoms with van der Waals surface area (Å²) in [7, 11) is 0. The molecule has 2 fully saturated rings. The Kier molecular flexibility index (Phi) is 6.83. The van der Waals surface area contributed by atoms with E-state index in [1.54, 1.807) is 6.92 Å². The van der Waals surface area contributed by atoms with Crippen molar-refractivity contribution in [2.75, 3.05) is 6.61 Å². The summed E-state index contributed by atoms with van der Waals surface area (Å²) in [6.45, 7) is 2.55. The average Bonchev–Trinajstić information content (AvgIpc) is 2.67. The highest BCUT2D eigenvalue weighted by molar-refractivity contribution is 5.69. The van der Waals surface area contributed by atoms with Crippen molar-refractivity contribution in [3.05, 3.63) is 29.8 Å². The van der Waals surface area contributed by atoms with E-state index in [9.17, 15) is 4.79 Å². The van der Waals surface area contributed by atoms with Crippen LogP contribution in [0.5, 0.6) is 5.75 Å². The first-order valence-corrected chi connectivity index (χ1v) is 10.5. The Balaban J connectivity index is 1.55. The molecule has 1 spiro atoms. The molecule has 2 aliphatic rings. The minimum absolute atomic E-state index is 0.0329. The second kappa shape index (κ2) is 9.31. The molecule has 2 unspecified atom stereocenters. The molecule has 2 saturated carbocycles.